The monoisotopic (exact) mass is 716 g/mol. The first-order valence-electron chi connectivity index (χ1n) is 19.3. The lowest BCUT2D eigenvalue weighted by Crippen LogP contribution is -2.35. The molecule has 1 aliphatic rings. The van der Waals surface area contributed by atoms with Crippen molar-refractivity contribution in [1.82, 2.24) is 0 Å². The Kier molecular flexibility index (Phi) is 13.3. The van der Waals surface area contributed by atoms with Gasteiger partial charge in [0, 0.05) is 52.4 Å². The third-order valence-corrected chi connectivity index (χ3v) is 10.0. The number of hydrogen-bond donors (Lipinski definition) is 0. The van der Waals surface area contributed by atoms with E-state index in [9.17, 15) is 0 Å². The van der Waals surface area contributed by atoms with E-state index in [1.807, 2.05) is 0 Å². The minimum Gasteiger partial charge on any atom is -0.378 e. The number of rotatable bonds is 8. The molecule has 6 aromatic rings. The Bertz CT molecular complexity index is 1670. The maximum absolute atomic E-state index is 6.56. The summed E-state index contributed by atoms with van der Waals surface area (Å²) in [5, 5.41) is 0. The third kappa shape index (κ3) is 10.3. The van der Waals surface area contributed by atoms with E-state index in [-0.39, 0.29) is 0 Å². The smallest absolute Gasteiger partial charge is 0.0642 e. The van der Waals surface area contributed by atoms with Gasteiger partial charge in [0.25, 0.3) is 0 Å². The zero-order valence-electron chi connectivity index (χ0n) is 31.3. The first-order valence-corrected chi connectivity index (χ1v) is 19.3. The van der Waals surface area contributed by atoms with Crippen LogP contribution in [0.4, 0.5) is 22.7 Å². The number of anilines is 4. The first kappa shape index (κ1) is 36.8. The maximum Gasteiger partial charge on any atom is 0.0642 e. The molecule has 6 aromatic carbocycles. The Hall–Kier alpha value is -5.56. The van der Waals surface area contributed by atoms with Crippen LogP contribution in [0.15, 0.2) is 170 Å². The van der Waals surface area contributed by atoms with Crippen molar-refractivity contribution in [2.75, 3.05) is 72.2 Å². The van der Waals surface area contributed by atoms with Crippen LogP contribution < -0.4 is 19.6 Å². The SMILES string of the molecule is c1ccc(CN2CCOCCN(Cc3ccccc3)c3ccccc3N(Cc3ccccc3)CCOCCN(Cc3ccccc3)c3ccccc32)cc1. The zero-order chi connectivity index (χ0) is 36.6. The average molecular weight is 717 g/mol. The van der Waals surface area contributed by atoms with Crippen molar-refractivity contribution in [3.8, 4) is 0 Å². The van der Waals surface area contributed by atoms with Crippen LogP contribution in [0, 0.1) is 0 Å². The molecule has 0 amide bonds. The van der Waals surface area contributed by atoms with Gasteiger partial charge in [0.2, 0.25) is 0 Å². The molecule has 0 fully saturated rings. The summed E-state index contributed by atoms with van der Waals surface area (Å²) in [5.74, 6) is 0. The summed E-state index contributed by atoms with van der Waals surface area (Å²) >= 11 is 0. The van der Waals surface area contributed by atoms with E-state index in [1.165, 1.54) is 45.0 Å². The normalized spacial score (nSPS) is 14.8. The lowest BCUT2D eigenvalue weighted by Gasteiger charge is -2.34. The molecule has 6 nitrogen and oxygen atoms in total. The fourth-order valence-electron chi connectivity index (χ4n) is 7.25. The van der Waals surface area contributed by atoms with Crippen molar-refractivity contribution in [2.45, 2.75) is 26.2 Å². The van der Waals surface area contributed by atoms with Crippen LogP contribution in [0.2, 0.25) is 0 Å². The highest BCUT2D eigenvalue weighted by atomic mass is 16.5. The molecular weight excluding hydrogens is 665 g/mol. The standard InChI is InChI=1S/C48H52N4O2/c1-5-17-41(18-6-1)37-49-29-33-53-34-31-51(39-43-21-9-3-10-22-43)47-27-15-16-28-48(47)52(40-44-23-11-4-12-24-44)32-36-54-35-30-50(38-42-19-7-2-8-20-42)46-26-14-13-25-45(46)49/h1-28H,29-40H2. The number of fused-ring (bicyclic) bond motifs is 2. The molecule has 54 heavy (non-hydrogen) atoms. The molecule has 0 bridgehead atoms. The van der Waals surface area contributed by atoms with Gasteiger partial charge in [-0.15, -0.1) is 0 Å². The molecule has 0 aromatic heterocycles. The molecule has 276 valence electrons. The van der Waals surface area contributed by atoms with E-state index < -0.39 is 0 Å². The molecular formula is C48H52N4O2. The average Bonchev–Trinajstić information content (AvgIpc) is 3.23. The van der Waals surface area contributed by atoms with Gasteiger partial charge in [-0.1, -0.05) is 146 Å². The predicted molar refractivity (Wildman–Crippen MR) is 224 cm³/mol. The van der Waals surface area contributed by atoms with Crippen molar-refractivity contribution in [3.05, 3.63) is 192 Å². The highest BCUT2D eigenvalue weighted by molar-refractivity contribution is 5.72. The van der Waals surface area contributed by atoms with E-state index in [0.29, 0.717) is 26.4 Å². The van der Waals surface area contributed by atoms with Gasteiger partial charge in [-0.25, -0.2) is 0 Å². The second-order valence-electron chi connectivity index (χ2n) is 13.8. The molecule has 0 aliphatic carbocycles. The molecule has 0 saturated heterocycles. The number of benzene rings is 6. The van der Waals surface area contributed by atoms with Crippen molar-refractivity contribution < 1.29 is 9.47 Å². The molecule has 7 rings (SSSR count). The van der Waals surface area contributed by atoms with Gasteiger partial charge in [0.05, 0.1) is 49.2 Å². The summed E-state index contributed by atoms with van der Waals surface area (Å²) in [5.41, 5.74) is 9.92. The Morgan fingerprint density at radius 3 is 0.704 bits per heavy atom. The van der Waals surface area contributed by atoms with Gasteiger partial charge in [0.15, 0.2) is 0 Å². The topological polar surface area (TPSA) is 31.4 Å². The second-order valence-corrected chi connectivity index (χ2v) is 13.8. The van der Waals surface area contributed by atoms with Crippen LogP contribution in [0.5, 0.6) is 0 Å². The summed E-state index contributed by atoms with van der Waals surface area (Å²) in [4.78, 5) is 9.91. The maximum atomic E-state index is 6.56. The van der Waals surface area contributed by atoms with Gasteiger partial charge in [-0.3, -0.25) is 0 Å². The molecule has 0 N–H and O–H groups in total. The minimum absolute atomic E-state index is 0.615. The zero-order valence-corrected chi connectivity index (χ0v) is 31.3. The quantitative estimate of drug-likeness (QED) is 0.156. The number of para-hydroxylation sites is 4. The summed E-state index contributed by atoms with van der Waals surface area (Å²) in [7, 11) is 0. The van der Waals surface area contributed by atoms with Gasteiger partial charge in [-0.2, -0.15) is 0 Å². The molecule has 0 spiro atoms. The highest BCUT2D eigenvalue weighted by Crippen LogP contribution is 2.33. The van der Waals surface area contributed by atoms with Crippen LogP contribution in [-0.4, -0.2) is 52.6 Å². The molecule has 0 atom stereocenters. The number of ether oxygens (including phenoxy) is 2. The summed E-state index contributed by atoms with van der Waals surface area (Å²) < 4.78 is 13.1. The van der Waals surface area contributed by atoms with Crippen LogP contribution in [0.3, 0.4) is 0 Å². The highest BCUT2D eigenvalue weighted by Gasteiger charge is 2.20. The van der Waals surface area contributed by atoms with Crippen LogP contribution in [-0.2, 0) is 35.7 Å². The third-order valence-electron chi connectivity index (χ3n) is 10.0. The molecule has 1 heterocycles. The van der Waals surface area contributed by atoms with E-state index in [2.05, 4.69) is 189 Å². The lowest BCUT2D eigenvalue weighted by atomic mass is 10.1. The minimum atomic E-state index is 0.615. The van der Waals surface area contributed by atoms with E-state index in [0.717, 1.165) is 52.4 Å². The van der Waals surface area contributed by atoms with Crippen molar-refractivity contribution >= 4 is 22.7 Å². The van der Waals surface area contributed by atoms with Gasteiger partial charge >= 0.3 is 0 Å². The second kappa shape index (κ2) is 19.5. The van der Waals surface area contributed by atoms with Crippen molar-refractivity contribution in [2.24, 2.45) is 0 Å². The summed E-state index contributed by atoms with van der Waals surface area (Å²) in [6.07, 6.45) is 0. The van der Waals surface area contributed by atoms with E-state index >= 15 is 0 Å². The molecule has 1 aliphatic heterocycles. The van der Waals surface area contributed by atoms with Crippen molar-refractivity contribution in [1.29, 1.82) is 0 Å². The Morgan fingerprint density at radius 1 is 0.278 bits per heavy atom. The van der Waals surface area contributed by atoms with Crippen LogP contribution in [0.1, 0.15) is 22.3 Å². The summed E-state index contributed by atoms with van der Waals surface area (Å²) in [6.45, 7) is 8.70. The Balaban J connectivity index is 1.21. The predicted octanol–water partition coefficient (Wildman–Crippen LogP) is 9.46. The first-order chi connectivity index (χ1) is 26.8. The summed E-state index contributed by atoms with van der Waals surface area (Å²) in [6, 6.07) is 60.7. The fourth-order valence-corrected chi connectivity index (χ4v) is 7.25. The van der Waals surface area contributed by atoms with Crippen LogP contribution in [0.25, 0.3) is 0 Å². The fraction of sp³-hybridized carbons (Fsp3) is 0.250. The van der Waals surface area contributed by atoms with E-state index in [4.69, 9.17) is 9.47 Å². The van der Waals surface area contributed by atoms with Gasteiger partial charge < -0.3 is 29.1 Å². The van der Waals surface area contributed by atoms with Gasteiger partial charge in [-0.05, 0) is 46.5 Å². The van der Waals surface area contributed by atoms with E-state index in [1.54, 1.807) is 0 Å². The Morgan fingerprint density at radius 2 is 0.481 bits per heavy atom. The molecule has 6 heteroatoms. The van der Waals surface area contributed by atoms with Crippen molar-refractivity contribution in [3.63, 3.8) is 0 Å². The molecule has 0 saturated carbocycles. The number of hydrogen-bond acceptors (Lipinski definition) is 6. The lowest BCUT2D eigenvalue weighted by molar-refractivity contribution is 0.144. The largest absolute Gasteiger partial charge is 0.378 e. The van der Waals surface area contributed by atoms with Crippen LogP contribution >= 0.6 is 0 Å². The Labute approximate surface area is 321 Å². The molecule has 0 unspecified atom stereocenters. The van der Waals surface area contributed by atoms with Gasteiger partial charge in [0.1, 0.15) is 0 Å². The number of nitrogens with zero attached hydrogens (tertiary/aromatic N) is 4. The molecule has 0 radical (unpaired) electrons.